The molecule has 6 aliphatic rings. The van der Waals surface area contributed by atoms with E-state index in [1.54, 1.807) is 0 Å². The van der Waals surface area contributed by atoms with Gasteiger partial charge in [0.05, 0.1) is 22.9 Å². The molecule has 4 aliphatic heterocycles. The molecular weight excluding hydrogens is 428 g/mol. The molecule has 11 heteroatoms. The molecule has 4 saturated heterocycles. The van der Waals surface area contributed by atoms with Crippen molar-refractivity contribution in [2.75, 3.05) is 7.11 Å². The second-order valence-electron chi connectivity index (χ2n) is 11.0. The quantitative estimate of drug-likeness (QED) is 0.305. The molecule has 11 nitrogen and oxygen atoms in total. The Morgan fingerprint density at radius 2 is 1.66 bits per heavy atom. The van der Waals surface area contributed by atoms with Gasteiger partial charge in [-0.25, -0.2) is 9.59 Å². The van der Waals surface area contributed by atoms with Gasteiger partial charge in [-0.3, -0.25) is 4.79 Å². The van der Waals surface area contributed by atoms with Crippen LogP contribution in [0.25, 0.3) is 0 Å². The average molecular weight is 454 g/mol. The van der Waals surface area contributed by atoms with E-state index in [1.807, 2.05) is 20.8 Å². The van der Waals surface area contributed by atoms with Crippen LogP contribution < -0.4 is 0 Å². The Morgan fingerprint density at radius 1 is 1.00 bits per heavy atom. The third kappa shape index (κ3) is 1.49. The van der Waals surface area contributed by atoms with Gasteiger partial charge in [0.25, 0.3) is 0 Å². The summed E-state index contributed by atoms with van der Waals surface area (Å²) >= 11 is 0. The number of esters is 3. The van der Waals surface area contributed by atoms with Crippen molar-refractivity contribution in [1.82, 2.24) is 0 Å². The molecule has 2 saturated carbocycles. The van der Waals surface area contributed by atoms with E-state index in [4.69, 9.17) is 23.7 Å². The smallest absolute Gasteiger partial charge is 0.343 e. The van der Waals surface area contributed by atoms with Crippen LogP contribution in [-0.2, 0) is 38.1 Å². The van der Waals surface area contributed by atoms with E-state index in [-0.39, 0.29) is 0 Å². The molecule has 176 valence electrons. The Labute approximate surface area is 182 Å². The largest absolute Gasteiger partial charge is 0.456 e. The van der Waals surface area contributed by atoms with Crippen LogP contribution in [0.5, 0.6) is 0 Å². The average Bonchev–Trinajstić information content (AvgIpc) is 3.38. The van der Waals surface area contributed by atoms with Crippen molar-refractivity contribution in [3.8, 4) is 0 Å². The number of aliphatic hydroxyl groups is 3. The summed E-state index contributed by atoms with van der Waals surface area (Å²) in [6.45, 7) is 6.88. The molecular formula is C21H26O11. The lowest BCUT2D eigenvalue weighted by Gasteiger charge is -2.48. The minimum absolute atomic E-state index is 0.713. The van der Waals surface area contributed by atoms with Gasteiger partial charge in [0.2, 0.25) is 11.9 Å². The van der Waals surface area contributed by atoms with Crippen molar-refractivity contribution in [3.05, 3.63) is 0 Å². The zero-order valence-electron chi connectivity index (χ0n) is 18.2. The van der Waals surface area contributed by atoms with Crippen molar-refractivity contribution in [2.24, 2.45) is 28.1 Å². The highest BCUT2D eigenvalue weighted by Gasteiger charge is 3.05. The number of aliphatic hydroxyl groups excluding tert-OH is 2. The predicted molar refractivity (Wildman–Crippen MR) is 98.2 cm³/mol. The molecule has 2 spiro atoms. The number of carbonyl (C=O) groups is 3. The van der Waals surface area contributed by atoms with Crippen LogP contribution in [0.4, 0.5) is 0 Å². The van der Waals surface area contributed by atoms with E-state index < -0.39 is 94.0 Å². The van der Waals surface area contributed by atoms with Gasteiger partial charge in [0.1, 0.15) is 12.2 Å². The summed E-state index contributed by atoms with van der Waals surface area (Å²) in [5.41, 5.74) is -8.83. The number of fused-ring (bicyclic) bond motifs is 1. The standard InChI is InChI=1S/C21H26O11/c1-6-13(24)29-11-9(23)19-10-7(22)8(17(2,3)4)18(19)12(28-5)14(25)31-16(18)32-21(19,15(26)30-10)20(6,11)27/h6-12,16,22-23,27H,1-5H3/t6-,7-,8+,9+,10?,11?,12+,16?,18?,19?,20-,21?/m1/s1. The zero-order valence-corrected chi connectivity index (χ0v) is 18.2. The Kier molecular flexibility index (Phi) is 3.45. The van der Waals surface area contributed by atoms with Crippen molar-refractivity contribution >= 4 is 17.9 Å². The highest BCUT2D eigenvalue weighted by molar-refractivity contribution is 5.94. The summed E-state index contributed by atoms with van der Waals surface area (Å²) in [6.07, 6.45) is -8.71. The van der Waals surface area contributed by atoms with E-state index in [9.17, 15) is 29.7 Å². The number of hydrogen-bond acceptors (Lipinski definition) is 11. The lowest BCUT2D eigenvalue weighted by Crippen LogP contribution is -2.67. The van der Waals surface area contributed by atoms with Gasteiger partial charge in [-0.15, -0.1) is 0 Å². The third-order valence-corrected chi connectivity index (χ3v) is 9.16. The monoisotopic (exact) mass is 454 g/mol. The van der Waals surface area contributed by atoms with E-state index in [2.05, 4.69) is 0 Å². The molecule has 6 fully saturated rings. The first-order valence-electron chi connectivity index (χ1n) is 10.7. The fraction of sp³-hybridized carbons (Fsp3) is 0.857. The maximum Gasteiger partial charge on any atom is 0.343 e. The van der Waals surface area contributed by atoms with Crippen LogP contribution in [0, 0.1) is 28.1 Å². The minimum atomic E-state index is -2.32. The van der Waals surface area contributed by atoms with Gasteiger partial charge in [0, 0.05) is 13.0 Å². The van der Waals surface area contributed by atoms with Gasteiger partial charge in [-0.2, -0.15) is 0 Å². The zero-order chi connectivity index (χ0) is 23.4. The van der Waals surface area contributed by atoms with Crippen molar-refractivity contribution in [3.63, 3.8) is 0 Å². The summed E-state index contributed by atoms with van der Waals surface area (Å²) in [4.78, 5) is 38.9. The number of methoxy groups -OCH3 is 1. The van der Waals surface area contributed by atoms with Crippen LogP contribution in [0.1, 0.15) is 27.7 Å². The van der Waals surface area contributed by atoms with Crippen LogP contribution in [0.3, 0.4) is 0 Å². The minimum Gasteiger partial charge on any atom is -0.456 e. The van der Waals surface area contributed by atoms with Gasteiger partial charge in [0.15, 0.2) is 17.8 Å². The maximum absolute atomic E-state index is 13.5. The molecule has 0 radical (unpaired) electrons. The van der Waals surface area contributed by atoms with Crippen LogP contribution >= 0.6 is 0 Å². The molecule has 4 heterocycles. The van der Waals surface area contributed by atoms with Gasteiger partial charge < -0.3 is 39.0 Å². The Morgan fingerprint density at radius 3 is 2.25 bits per heavy atom. The number of ether oxygens (including phenoxy) is 5. The highest BCUT2D eigenvalue weighted by Crippen LogP contribution is 2.84. The first-order valence-corrected chi connectivity index (χ1v) is 10.7. The Hall–Kier alpha value is -1.79. The SMILES string of the molecule is CO[C@H]1C(=O)OC2OC34C(=O)OC5[C@H](O)[C@@H](C(C)(C)C)C21C53[C@@H](O)C1OC(=O)[C@@H](C)[C@@]14O. The van der Waals surface area contributed by atoms with Crippen molar-refractivity contribution < 1.29 is 53.4 Å². The lowest BCUT2D eigenvalue weighted by molar-refractivity contribution is -0.240. The normalized spacial score (nSPS) is 59.4. The fourth-order valence-electron chi connectivity index (χ4n) is 8.53. The third-order valence-electron chi connectivity index (χ3n) is 9.16. The van der Waals surface area contributed by atoms with E-state index in [0.717, 1.165) is 0 Å². The molecule has 0 bridgehead atoms. The summed E-state index contributed by atoms with van der Waals surface area (Å²) in [6, 6.07) is 0. The Balaban J connectivity index is 1.75. The first kappa shape index (κ1) is 20.8. The number of carbonyl (C=O) groups excluding carboxylic acids is 3. The summed E-state index contributed by atoms with van der Waals surface area (Å²) < 4.78 is 28.3. The number of hydrogen-bond donors (Lipinski definition) is 3. The molecule has 0 aromatic heterocycles. The van der Waals surface area contributed by atoms with E-state index in [0.29, 0.717) is 0 Å². The van der Waals surface area contributed by atoms with Crippen LogP contribution in [0.15, 0.2) is 0 Å². The van der Waals surface area contributed by atoms with Gasteiger partial charge in [-0.05, 0) is 12.3 Å². The topological polar surface area (TPSA) is 158 Å². The van der Waals surface area contributed by atoms with Gasteiger partial charge >= 0.3 is 17.9 Å². The van der Waals surface area contributed by atoms with Crippen LogP contribution in [-0.4, -0.2) is 88.3 Å². The summed E-state index contributed by atoms with van der Waals surface area (Å²) in [7, 11) is 1.29. The van der Waals surface area contributed by atoms with Gasteiger partial charge in [-0.1, -0.05) is 20.8 Å². The van der Waals surface area contributed by atoms with Crippen molar-refractivity contribution in [1.29, 1.82) is 0 Å². The first-order chi connectivity index (χ1) is 14.8. The Bertz CT molecular complexity index is 973. The molecule has 32 heavy (non-hydrogen) atoms. The highest BCUT2D eigenvalue weighted by atomic mass is 16.8. The molecule has 0 aromatic carbocycles. The second-order valence-corrected chi connectivity index (χ2v) is 11.0. The number of rotatable bonds is 1. The molecule has 0 amide bonds. The second kappa shape index (κ2) is 5.30. The lowest BCUT2D eigenvalue weighted by atomic mass is 9.51. The molecule has 12 atom stereocenters. The van der Waals surface area contributed by atoms with E-state index in [1.165, 1.54) is 14.0 Å². The molecule has 0 aromatic rings. The maximum atomic E-state index is 13.5. The van der Waals surface area contributed by atoms with Crippen LogP contribution in [0.2, 0.25) is 0 Å². The molecule has 6 unspecified atom stereocenters. The van der Waals surface area contributed by atoms with Crippen molar-refractivity contribution in [2.45, 2.75) is 75.7 Å². The summed E-state index contributed by atoms with van der Waals surface area (Å²) in [5.74, 6) is -4.70. The summed E-state index contributed by atoms with van der Waals surface area (Å²) in [5, 5.41) is 35.3. The van der Waals surface area contributed by atoms with E-state index >= 15 is 0 Å². The predicted octanol–water partition coefficient (Wildman–Crippen LogP) is -1.74. The molecule has 6 rings (SSSR count). The molecule has 2 aliphatic carbocycles. The fourth-order valence-corrected chi connectivity index (χ4v) is 8.53. The molecule has 3 N–H and O–H groups in total.